The van der Waals surface area contributed by atoms with Crippen molar-refractivity contribution >= 4 is 11.6 Å². The summed E-state index contributed by atoms with van der Waals surface area (Å²) in [5.74, 6) is 1.92. The lowest BCUT2D eigenvalue weighted by Gasteiger charge is -2.06. The molecule has 1 aromatic rings. The zero-order valence-corrected chi connectivity index (χ0v) is 6.98. The van der Waals surface area contributed by atoms with Crippen molar-refractivity contribution in [1.82, 2.24) is 0 Å². The monoisotopic (exact) mass is 183 g/mol. The maximum atomic E-state index is 12.5. The SMILES string of the molecule is C#CC(N)c1ccc(F)cc1Cl. The summed E-state index contributed by atoms with van der Waals surface area (Å²) in [6.45, 7) is 0. The highest BCUT2D eigenvalue weighted by Gasteiger charge is 2.07. The van der Waals surface area contributed by atoms with Crippen molar-refractivity contribution in [2.45, 2.75) is 6.04 Å². The smallest absolute Gasteiger partial charge is 0.124 e. The number of hydrogen-bond acceptors (Lipinski definition) is 1. The highest BCUT2D eigenvalue weighted by molar-refractivity contribution is 6.31. The van der Waals surface area contributed by atoms with Crippen LogP contribution < -0.4 is 5.73 Å². The zero-order chi connectivity index (χ0) is 9.14. The highest BCUT2D eigenvalue weighted by Crippen LogP contribution is 2.21. The van der Waals surface area contributed by atoms with E-state index in [1.165, 1.54) is 18.2 Å². The van der Waals surface area contributed by atoms with E-state index < -0.39 is 11.9 Å². The van der Waals surface area contributed by atoms with Gasteiger partial charge in [0.1, 0.15) is 5.82 Å². The van der Waals surface area contributed by atoms with Gasteiger partial charge in [0.2, 0.25) is 0 Å². The number of rotatable bonds is 1. The fourth-order valence-corrected chi connectivity index (χ4v) is 1.13. The van der Waals surface area contributed by atoms with Gasteiger partial charge in [-0.1, -0.05) is 23.6 Å². The summed E-state index contributed by atoms with van der Waals surface area (Å²) in [5, 5.41) is 0.264. The lowest BCUT2D eigenvalue weighted by molar-refractivity contribution is 0.627. The van der Waals surface area contributed by atoms with Crippen molar-refractivity contribution in [3.63, 3.8) is 0 Å². The van der Waals surface area contributed by atoms with Crippen molar-refractivity contribution in [3.05, 3.63) is 34.6 Å². The third-order valence-electron chi connectivity index (χ3n) is 1.48. The van der Waals surface area contributed by atoms with E-state index in [4.69, 9.17) is 23.8 Å². The Bertz CT molecular complexity index is 330. The van der Waals surface area contributed by atoms with Gasteiger partial charge in [-0.2, -0.15) is 0 Å². The van der Waals surface area contributed by atoms with Gasteiger partial charge >= 0.3 is 0 Å². The average molecular weight is 184 g/mol. The van der Waals surface area contributed by atoms with Gasteiger partial charge in [0.15, 0.2) is 0 Å². The normalized spacial score (nSPS) is 12.2. The second-order valence-corrected chi connectivity index (χ2v) is 2.72. The Labute approximate surface area is 75.3 Å². The highest BCUT2D eigenvalue weighted by atomic mass is 35.5. The van der Waals surface area contributed by atoms with E-state index in [-0.39, 0.29) is 5.02 Å². The van der Waals surface area contributed by atoms with Crippen molar-refractivity contribution in [2.75, 3.05) is 0 Å². The predicted octanol–water partition coefficient (Wildman–Crippen LogP) is 2.11. The summed E-state index contributed by atoms with van der Waals surface area (Å²) >= 11 is 5.69. The van der Waals surface area contributed by atoms with E-state index in [9.17, 15) is 4.39 Å². The molecule has 0 radical (unpaired) electrons. The minimum Gasteiger partial charge on any atom is -0.314 e. The van der Waals surface area contributed by atoms with Crippen molar-refractivity contribution in [3.8, 4) is 12.3 Å². The van der Waals surface area contributed by atoms with Crippen LogP contribution >= 0.6 is 11.6 Å². The number of halogens is 2. The molecule has 0 aliphatic carbocycles. The summed E-state index contributed by atoms with van der Waals surface area (Å²) in [7, 11) is 0. The van der Waals surface area contributed by atoms with Gasteiger partial charge in [-0.05, 0) is 17.7 Å². The van der Waals surface area contributed by atoms with Gasteiger partial charge in [0.25, 0.3) is 0 Å². The molecular weight excluding hydrogens is 177 g/mol. The van der Waals surface area contributed by atoms with Gasteiger partial charge in [-0.3, -0.25) is 0 Å². The third-order valence-corrected chi connectivity index (χ3v) is 1.80. The second kappa shape index (κ2) is 3.57. The Morgan fingerprint density at radius 1 is 1.58 bits per heavy atom. The quantitative estimate of drug-likeness (QED) is 0.664. The van der Waals surface area contributed by atoms with E-state index in [0.717, 1.165) is 0 Å². The molecule has 12 heavy (non-hydrogen) atoms. The van der Waals surface area contributed by atoms with E-state index >= 15 is 0 Å². The molecule has 0 aromatic heterocycles. The molecule has 62 valence electrons. The summed E-state index contributed by atoms with van der Waals surface area (Å²) < 4.78 is 12.5. The fourth-order valence-electron chi connectivity index (χ4n) is 0.844. The summed E-state index contributed by atoms with van der Waals surface area (Å²) in [5.41, 5.74) is 6.07. The first-order valence-corrected chi connectivity index (χ1v) is 3.69. The van der Waals surface area contributed by atoms with Gasteiger partial charge < -0.3 is 5.73 Å². The number of benzene rings is 1. The van der Waals surface area contributed by atoms with E-state index in [0.29, 0.717) is 5.56 Å². The molecule has 2 N–H and O–H groups in total. The van der Waals surface area contributed by atoms with Crippen molar-refractivity contribution in [1.29, 1.82) is 0 Å². The summed E-state index contributed by atoms with van der Waals surface area (Å²) in [4.78, 5) is 0. The molecule has 0 aliphatic heterocycles. The first-order chi connectivity index (χ1) is 5.65. The van der Waals surface area contributed by atoms with Crippen LogP contribution in [0.1, 0.15) is 11.6 Å². The topological polar surface area (TPSA) is 26.0 Å². The molecule has 0 saturated carbocycles. The molecule has 0 aliphatic rings. The molecule has 1 rings (SSSR count). The van der Waals surface area contributed by atoms with Crippen LogP contribution in [0.3, 0.4) is 0 Å². The lowest BCUT2D eigenvalue weighted by Crippen LogP contribution is -2.07. The molecule has 0 spiro atoms. The molecule has 1 nitrogen and oxygen atoms in total. The molecule has 0 amide bonds. The largest absolute Gasteiger partial charge is 0.314 e. The van der Waals surface area contributed by atoms with Crippen LogP contribution in [0.15, 0.2) is 18.2 Å². The molecule has 1 atom stereocenters. The van der Waals surface area contributed by atoms with Gasteiger partial charge in [0, 0.05) is 5.02 Å². The fraction of sp³-hybridized carbons (Fsp3) is 0.111. The Morgan fingerprint density at radius 2 is 2.25 bits per heavy atom. The van der Waals surface area contributed by atoms with Crippen LogP contribution in [-0.2, 0) is 0 Å². The Kier molecular flexibility index (Phi) is 2.69. The summed E-state index contributed by atoms with van der Waals surface area (Å²) in [6.07, 6.45) is 5.08. The maximum Gasteiger partial charge on any atom is 0.124 e. The van der Waals surface area contributed by atoms with Crippen LogP contribution in [0, 0.1) is 18.2 Å². The van der Waals surface area contributed by atoms with Crippen LogP contribution in [0.5, 0.6) is 0 Å². The van der Waals surface area contributed by atoms with Gasteiger partial charge in [-0.25, -0.2) is 4.39 Å². The standard InChI is InChI=1S/C9H7ClFN/c1-2-9(12)7-4-3-6(11)5-8(7)10/h1,3-5,9H,12H2. The minimum absolute atomic E-state index is 0.264. The third kappa shape index (κ3) is 1.76. The molecule has 0 saturated heterocycles. The number of nitrogens with two attached hydrogens (primary N) is 1. The second-order valence-electron chi connectivity index (χ2n) is 2.31. The van der Waals surface area contributed by atoms with Crippen LogP contribution in [0.25, 0.3) is 0 Å². The van der Waals surface area contributed by atoms with Crippen LogP contribution in [0.2, 0.25) is 5.02 Å². The van der Waals surface area contributed by atoms with E-state index in [2.05, 4.69) is 5.92 Å². The molecular formula is C9H7ClFN. The van der Waals surface area contributed by atoms with Crippen molar-refractivity contribution < 1.29 is 4.39 Å². The van der Waals surface area contributed by atoms with Crippen LogP contribution in [-0.4, -0.2) is 0 Å². The first kappa shape index (κ1) is 9.05. The molecule has 0 heterocycles. The molecule has 0 fully saturated rings. The lowest BCUT2D eigenvalue weighted by atomic mass is 10.1. The molecule has 1 unspecified atom stereocenters. The Balaban J connectivity index is 3.11. The Morgan fingerprint density at radius 3 is 2.75 bits per heavy atom. The molecule has 1 aromatic carbocycles. The maximum absolute atomic E-state index is 12.5. The molecule has 0 bridgehead atoms. The predicted molar refractivity (Wildman–Crippen MR) is 47.2 cm³/mol. The number of terminal acetylenes is 1. The van der Waals surface area contributed by atoms with Crippen molar-refractivity contribution in [2.24, 2.45) is 5.73 Å². The number of hydrogen-bond donors (Lipinski definition) is 1. The van der Waals surface area contributed by atoms with E-state index in [1.54, 1.807) is 0 Å². The minimum atomic E-state index is -0.571. The van der Waals surface area contributed by atoms with Gasteiger partial charge in [-0.15, -0.1) is 6.42 Å². The first-order valence-electron chi connectivity index (χ1n) is 3.32. The summed E-state index contributed by atoms with van der Waals surface area (Å²) in [6, 6.07) is 3.38. The zero-order valence-electron chi connectivity index (χ0n) is 6.22. The molecule has 3 heteroatoms. The van der Waals surface area contributed by atoms with Crippen LogP contribution in [0.4, 0.5) is 4.39 Å². The van der Waals surface area contributed by atoms with E-state index in [1.807, 2.05) is 0 Å². The Hall–Kier alpha value is -1.04. The van der Waals surface area contributed by atoms with Gasteiger partial charge in [0.05, 0.1) is 6.04 Å². The average Bonchev–Trinajstić information content (AvgIpc) is 2.03.